The van der Waals surface area contributed by atoms with E-state index < -0.39 is 0 Å². The third-order valence-electron chi connectivity index (χ3n) is 11.8. The normalized spacial score (nSPS) is 12.1. The van der Waals surface area contributed by atoms with Crippen LogP contribution in [0.25, 0.3) is 125 Å². The Balaban J connectivity index is 1.16. The van der Waals surface area contributed by atoms with E-state index in [1.807, 2.05) is 30.3 Å². The van der Waals surface area contributed by atoms with E-state index in [-0.39, 0.29) is 0 Å². The molecule has 0 saturated carbocycles. The molecule has 0 fully saturated rings. The molecule has 0 unspecified atom stereocenters. The first kappa shape index (κ1) is 32.4. The van der Waals surface area contributed by atoms with Crippen molar-refractivity contribution in [3.63, 3.8) is 0 Å². The summed E-state index contributed by atoms with van der Waals surface area (Å²) in [4.78, 5) is 15.9. The summed E-state index contributed by atoms with van der Waals surface area (Å²) in [5.41, 5.74) is 7.48. The second-order valence-corrected chi connectivity index (χ2v) is 16.3. The molecule has 4 aromatic heterocycles. The van der Waals surface area contributed by atoms with E-state index in [1.54, 1.807) is 11.3 Å². The van der Waals surface area contributed by atoms with Crippen LogP contribution < -0.4 is 0 Å². The number of thiophene rings is 1. The van der Waals surface area contributed by atoms with Crippen LogP contribution in [0.1, 0.15) is 0 Å². The average molecular weight is 771 g/mol. The zero-order chi connectivity index (χ0) is 38.6. The first-order valence-corrected chi connectivity index (χ1v) is 20.6. The molecule has 274 valence electrons. The van der Waals surface area contributed by atoms with Gasteiger partial charge < -0.3 is 8.98 Å². The maximum absolute atomic E-state index is 6.61. The summed E-state index contributed by atoms with van der Waals surface area (Å²) < 4.78 is 11.5. The van der Waals surface area contributed by atoms with Gasteiger partial charge in [-0.2, -0.15) is 0 Å². The number of furan rings is 1. The molecule has 5 nitrogen and oxygen atoms in total. The van der Waals surface area contributed by atoms with Gasteiger partial charge in [0, 0.05) is 58.4 Å². The fourth-order valence-corrected chi connectivity index (χ4v) is 10.1. The lowest BCUT2D eigenvalue weighted by atomic mass is 10.0. The molecular formula is C53H30N4OS. The minimum atomic E-state index is 0.568. The maximum atomic E-state index is 6.61. The van der Waals surface area contributed by atoms with Crippen LogP contribution in [0.15, 0.2) is 186 Å². The number of para-hydroxylation sites is 1. The van der Waals surface area contributed by atoms with Crippen molar-refractivity contribution in [2.45, 2.75) is 0 Å². The molecule has 0 radical (unpaired) electrons. The van der Waals surface area contributed by atoms with Crippen LogP contribution in [0.4, 0.5) is 0 Å². The molecule has 13 aromatic rings. The average Bonchev–Trinajstić information content (AvgIpc) is 3.96. The monoisotopic (exact) mass is 770 g/mol. The van der Waals surface area contributed by atoms with Crippen molar-refractivity contribution >= 4 is 96.8 Å². The van der Waals surface area contributed by atoms with E-state index in [0.29, 0.717) is 17.5 Å². The molecule has 0 saturated heterocycles. The van der Waals surface area contributed by atoms with Crippen LogP contribution in [0, 0.1) is 0 Å². The second kappa shape index (κ2) is 12.4. The van der Waals surface area contributed by atoms with Crippen molar-refractivity contribution < 1.29 is 4.42 Å². The lowest BCUT2D eigenvalue weighted by Gasteiger charge is -2.15. The van der Waals surface area contributed by atoms with Gasteiger partial charge in [0.15, 0.2) is 17.5 Å². The standard InChI is InChI=1S/C53H30N4OS/c1-2-13-32(14-3-1)51-54-52(35-23-25-49-40(27-35)38-19-9-11-21-48(38)59-49)56-53(55-51)42-30-47-39(37-18-8-10-20-46(37)58-47)29-45(42)57-43-24-22-31-12-6-7-17-36(31)50(43)41-26-33-15-4-5-16-34(33)28-44(41)57/h1-30H. The Labute approximate surface area is 341 Å². The molecule has 13 rings (SSSR count). The summed E-state index contributed by atoms with van der Waals surface area (Å²) in [5, 5.41) is 11.7. The lowest BCUT2D eigenvalue weighted by Crippen LogP contribution is -2.04. The first-order chi connectivity index (χ1) is 29.2. The Morgan fingerprint density at radius 2 is 1.07 bits per heavy atom. The van der Waals surface area contributed by atoms with Crippen LogP contribution in [0.2, 0.25) is 0 Å². The van der Waals surface area contributed by atoms with Crippen molar-refractivity contribution in [2.75, 3.05) is 0 Å². The minimum absolute atomic E-state index is 0.568. The Bertz CT molecular complexity index is 3860. The summed E-state index contributed by atoms with van der Waals surface area (Å²) >= 11 is 1.81. The SMILES string of the molecule is c1ccc(-c2nc(-c3ccc4sc5ccccc5c4c3)nc(-c3cc4oc5ccccc5c4cc3-n3c4cc5ccccc5cc4c4c5ccccc5ccc43)n2)cc1. The van der Waals surface area contributed by atoms with Crippen LogP contribution in [0.5, 0.6) is 0 Å². The van der Waals surface area contributed by atoms with E-state index >= 15 is 0 Å². The van der Waals surface area contributed by atoms with Gasteiger partial charge in [-0.3, -0.25) is 0 Å². The molecule has 9 aromatic carbocycles. The number of hydrogen-bond acceptors (Lipinski definition) is 5. The molecule has 0 aliphatic heterocycles. The molecule has 0 amide bonds. The maximum Gasteiger partial charge on any atom is 0.166 e. The Morgan fingerprint density at radius 3 is 1.93 bits per heavy atom. The summed E-state index contributed by atoms with van der Waals surface area (Å²) in [5.74, 6) is 1.79. The molecular weight excluding hydrogens is 741 g/mol. The zero-order valence-electron chi connectivity index (χ0n) is 31.4. The Kier molecular flexibility index (Phi) is 6.82. The van der Waals surface area contributed by atoms with Gasteiger partial charge in [-0.1, -0.05) is 121 Å². The third-order valence-corrected chi connectivity index (χ3v) is 13.0. The van der Waals surface area contributed by atoms with Gasteiger partial charge >= 0.3 is 0 Å². The minimum Gasteiger partial charge on any atom is -0.456 e. The van der Waals surface area contributed by atoms with Crippen LogP contribution >= 0.6 is 11.3 Å². The van der Waals surface area contributed by atoms with Crippen LogP contribution in [0.3, 0.4) is 0 Å². The molecule has 0 atom stereocenters. The van der Waals surface area contributed by atoms with E-state index in [0.717, 1.165) is 55.3 Å². The summed E-state index contributed by atoms with van der Waals surface area (Å²) in [6.45, 7) is 0. The molecule has 0 N–H and O–H groups in total. The highest BCUT2D eigenvalue weighted by molar-refractivity contribution is 7.25. The van der Waals surface area contributed by atoms with Crippen LogP contribution in [-0.2, 0) is 0 Å². The third kappa shape index (κ3) is 4.94. The highest BCUT2D eigenvalue weighted by atomic mass is 32.1. The molecule has 59 heavy (non-hydrogen) atoms. The molecule has 0 aliphatic carbocycles. The lowest BCUT2D eigenvalue weighted by molar-refractivity contribution is 0.669. The Morgan fingerprint density at radius 1 is 0.390 bits per heavy atom. The number of nitrogens with zero attached hydrogens (tertiary/aromatic N) is 4. The van der Waals surface area contributed by atoms with Gasteiger partial charge in [-0.25, -0.2) is 15.0 Å². The highest BCUT2D eigenvalue weighted by Crippen LogP contribution is 2.44. The Hall–Kier alpha value is -7.67. The van der Waals surface area contributed by atoms with Gasteiger partial charge in [-0.15, -0.1) is 11.3 Å². The predicted molar refractivity (Wildman–Crippen MR) is 246 cm³/mol. The van der Waals surface area contributed by atoms with E-state index in [2.05, 4.69) is 156 Å². The van der Waals surface area contributed by atoms with Crippen molar-refractivity contribution in [1.82, 2.24) is 19.5 Å². The summed E-state index contributed by atoms with van der Waals surface area (Å²) in [7, 11) is 0. The van der Waals surface area contributed by atoms with Crippen molar-refractivity contribution in [1.29, 1.82) is 0 Å². The topological polar surface area (TPSA) is 56.7 Å². The quantitative estimate of drug-likeness (QED) is 0.179. The second-order valence-electron chi connectivity index (χ2n) is 15.2. The summed E-state index contributed by atoms with van der Waals surface area (Å²) in [6, 6.07) is 64.5. The van der Waals surface area contributed by atoms with Crippen LogP contribution in [-0.4, -0.2) is 19.5 Å². The van der Waals surface area contributed by atoms with Gasteiger partial charge in [0.2, 0.25) is 0 Å². The molecule has 6 heteroatoms. The largest absolute Gasteiger partial charge is 0.456 e. The number of hydrogen-bond donors (Lipinski definition) is 0. The molecule has 0 aliphatic rings. The smallest absolute Gasteiger partial charge is 0.166 e. The van der Waals surface area contributed by atoms with E-state index in [4.69, 9.17) is 19.4 Å². The summed E-state index contributed by atoms with van der Waals surface area (Å²) in [6.07, 6.45) is 0. The fourth-order valence-electron chi connectivity index (χ4n) is 9.06. The highest BCUT2D eigenvalue weighted by Gasteiger charge is 2.23. The fraction of sp³-hybridized carbons (Fsp3) is 0. The van der Waals surface area contributed by atoms with Crippen molar-refractivity contribution in [2.24, 2.45) is 0 Å². The first-order valence-electron chi connectivity index (χ1n) is 19.8. The van der Waals surface area contributed by atoms with Gasteiger partial charge in [0.05, 0.1) is 16.7 Å². The molecule has 4 heterocycles. The number of benzene rings is 9. The van der Waals surface area contributed by atoms with E-state index in [1.165, 1.54) is 52.5 Å². The van der Waals surface area contributed by atoms with Crippen molar-refractivity contribution in [3.05, 3.63) is 182 Å². The molecule has 0 bridgehead atoms. The number of aromatic nitrogens is 4. The van der Waals surface area contributed by atoms with Gasteiger partial charge in [0.25, 0.3) is 0 Å². The van der Waals surface area contributed by atoms with Gasteiger partial charge in [-0.05, 0) is 82.2 Å². The van der Waals surface area contributed by atoms with E-state index in [9.17, 15) is 0 Å². The predicted octanol–water partition coefficient (Wildman–Crippen LogP) is 14.5. The zero-order valence-corrected chi connectivity index (χ0v) is 32.2. The number of fused-ring (bicyclic) bond motifs is 12. The number of rotatable bonds is 4. The molecule has 0 spiro atoms. The van der Waals surface area contributed by atoms with Crippen molar-refractivity contribution in [3.8, 4) is 39.9 Å². The van der Waals surface area contributed by atoms with Gasteiger partial charge in [0.1, 0.15) is 11.2 Å².